The highest BCUT2D eigenvalue weighted by atomic mass is 32.2. The minimum absolute atomic E-state index is 0.226. The minimum atomic E-state index is -0.881. The van der Waals surface area contributed by atoms with E-state index in [9.17, 15) is 28.8 Å². The molecule has 0 unspecified atom stereocenters. The summed E-state index contributed by atoms with van der Waals surface area (Å²) in [4.78, 5) is 78.7. The van der Waals surface area contributed by atoms with Gasteiger partial charge >= 0.3 is 35.0 Å². The van der Waals surface area contributed by atoms with Crippen molar-refractivity contribution in [2.75, 3.05) is 54.3 Å². The number of aromatic nitrogens is 3. The molecule has 15 heteroatoms. The number of esters is 3. The largest absolute Gasteiger partial charge is 0.464 e. The lowest BCUT2D eigenvalue weighted by Crippen LogP contribution is -2.55. The number of hydrogen-bond donors (Lipinski definition) is 0. The van der Waals surface area contributed by atoms with Crippen molar-refractivity contribution >= 4 is 53.2 Å². The van der Waals surface area contributed by atoms with Crippen LogP contribution in [-0.2, 0) is 48.2 Å². The summed E-state index contributed by atoms with van der Waals surface area (Å²) < 4.78 is 18.9. The summed E-state index contributed by atoms with van der Waals surface area (Å²) in [5, 5.41) is 0. The van der Waals surface area contributed by atoms with E-state index >= 15 is 0 Å². The maximum atomic E-state index is 13.6. The Morgan fingerprint density at radius 1 is 0.293 bits per heavy atom. The van der Waals surface area contributed by atoms with Crippen molar-refractivity contribution in [2.24, 2.45) is 0 Å². The molecular formula is C60H111N3O9S3. The van der Waals surface area contributed by atoms with Gasteiger partial charge in [0.15, 0.2) is 0 Å². The van der Waals surface area contributed by atoms with Crippen LogP contribution >= 0.6 is 35.3 Å². The van der Waals surface area contributed by atoms with Crippen LogP contribution in [0.25, 0.3) is 0 Å². The van der Waals surface area contributed by atoms with Crippen LogP contribution in [0.5, 0.6) is 0 Å². The Hall–Kier alpha value is -2.13. The second kappa shape index (κ2) is 53.9. The van der Waals surface area contributed by atoms with Crippen molar-refractivity contribution in [3.63, 3.8) is 0 Å². The van der Waals surface area contributed by atoms with Crippen LogP contribution in [0.15, 0.2) is 14.4 Å². The zero-order valence-corrected chi connectivity index (χ0v) is 50.8. The van der Waals surface area contributed by atoms with Crippen LogP contribution in [-0.4, -0.2) is 85.9 Å². The number of unbranched alkanes of at least 4 members (excludes halogenated alkanes) is 30. The van der Waals surface area contributed by atoms with Gasteiger partial charge in [0.25, 0.3) is 0 Å². The van der Waals surface area contributed by atoms with E-state index < -0.39 is 35.0 Å². The summed E-state index contributed by atoms with van der Waals surface area (Å²) in [6.07, 6.45) is 46.1. The number of rotatable bonds is 57. The molecule has 0 bridgehead atoms. The van der Waals surface area contributed by atoms with Crippen LogP contribution in [0.2, 0.25) is 0 Å². The van der Waals surface area contributed by atoms with Crippen molar-refractivity contribution in [1.82, 2.24) is 13.7 Å². The molecule has 1 rings (SSSR count). The normalized spacial score (nSPS) is 11.4. The molecular weight excluding hydrogens is 1000 g/mol. The first kappa shape index (κ1) is 70.9. The lowest BCUT2D eigenvalue weighted by atomic mass is 10.1. The molecule has 0 atom stereocenters. The van der Waals surface area contributed by atoms with Gasteiger partial charge in [-0.3, -0.25) is 14.4 Å². The second-order valence-electron chi connectivity index (χ2n) is 20.7. The van der Waals surface area contributed by atoms with Crippen LogP contribution < -0.4 is 17.1 Å². The molecule has 1 aromatic heterocycles. The monoisotopic (exact) mass is 1110 g/mol. The molecule has 0 aliphatic heterocycles. The first-order valence-corrected chi connectivity index (χ1v) is 34.4. The third-order valence-electron chi connectivity index (χ3n) is 13.8. The Morgan fingerprint density at radius 2 is 0.480 bits per heavy atom. The van der Waals surface area contributed by atoms with Crippen molar-refractivity contribution < 1.29 is 28.6 Å². The van der Waals surface area contributed by atoms with Crippen LogP contribution in [0, 0.1) is 0 Å². The number of carbonyl (C=O) groups is 3. The van der Waals surface area contributed by atoms with Gasteiger partial charge < -0.3 is 14.2 Å². The molecule has 0 saturated carbocycles. The predicted octanol–water partition coefficient (Wildman–Crippen LogP) is 15.3. The average Bonchev–Trinajstić information content (AvgIpc) is 3.40. The standard InChI is InChI=1S/C60H111N3O9S3/c1-4-7-10-13-16-19-22-25-28-31-34-49-73-52-37-40-55(64)70-46-43-61-58(67)62(44-47-71-56(65)41-38-53-74-50-35-32-29-26-23-20-17-14-11-8-5-2)60(69)63(59(61)68)45-48-72-57(66)42-39-54-75-51-36-33-30-27-24-21-18-15-12-9-6-3/h4-54H2,1-3H3. The maximum Gasteiger partial charge on any atom is 0.336 e. The smallest absolute Gasteiger partial charge is 0.336 e. The third kappa shape index (κ3) is 42.5. The second-order valence-corrected chi connectivity index (χ2v) is 24.4. The highest BCUT2D eigenvalue weighted by molar-refractivity contribution is 7.99. The number of ether oxygens (including phenoxy) is 3. The molecule has 0 aliphatic rings. The lowest BCUT2D eigenvalue weighted by Gasteiger charge is -2.14. The molecule has 438 valence electrons. The van der Waals surface area contributed by atoms with Gasteiger partial charge in [0.2, 0.25) is 0 Å². The van der Waals surface area contributed by atoms with E-state index in [1.165, 1.54) is 212 Å². The summed E-state index contributed by atoms with van der Waals surface area (Å²) in [5.74, 6) is 4.56. The van der Waals surface area contributed by atoms with Crippen LogP contribution in [0.4, 0.5) is 0 Å². The highest BCUT2D eigenvalue weighted by Crippen LogP contribution is 2.17. The van der Waals surface area contributed by atoms with Gasteiger partial charge in [-0.05, 0) is 73.0 Å². The van der Waals surface area contributed by atoms with Crippen LogP contribution in [0.3, 0.4) is 0 Å². The Balaban J connectivity index is 2.57. The number of carbonyl (C=O) groups excluding carboxylic acids is 3. The quantitative estimate of drug-likeness (QED) is 0.0348. The van der Waals surface area contributed by atoms with Crippen molar-refractivity contribution in [3.05, 3.63) is 31.5 Å². The number of thioether (sulfide) groups is 3. The van der Waals surface area contributed by atoms with E-state index in [4.69, 9.17) is 14.2 Å². The molecule has 0 aliphatic carbocycles. The number of nitrogens with zero attached hydrogens (tertiary/aromatic N) is 3. The molecule has 0 N–H and O–H groups in total. The predicted molar refractivity (Wildman–Crippen MR) is 321 cm³/mol. The van der Waals surface area contributed by atoms with E-state index in [1.54, 1.807) is 0 Å². The summed E-state index contributed by atoms with van der Waals surface area (Å²) in [6.45, 7) is 5.31. The molecule has 1 heterocycles. The van der Waals surface area contributed by atoms with Gasteiger partial charge in [-0.2, -0.15) is 35.3 Å². The fraction of sp³-hybridized carbons (Fsp3) is 0.900. The van der Waals surface area contributed by atoms with E-state index in [0.717, 1.165) is 48.2 Å². The molecule has 0 aromatic carbocycles. The van der Waals surface area contributed by atoms with Crippen LogP contribution in [0.1, 0.15) is 271 Å². The molecule has 0 fully saturated rings. The van der Waals surface area contributed by atoms with Crippen molar-refractivity contribution in [1.29, 1.82) is 0 Å². The SMILES string of the molecule is CCCCCCCCCCCCCSCCCC(=O)OCCn1c(=O)n(CCOC(=O)CCCSCCCCCCCCCCCCC)c(=O)n(CCOC(=O)CCCSCCCCCCCCCCCCC)c1=O. The molecule has 0 amide bonds. The fourth-order valence-corrected chi connectivity index (χ4v) is 12.0. The molecule has 12 nitrogen and oxygen atoms in total. The average molecular weight is 1110 g/mol. The Morgan fingerprint density at radius 3 is 0.693 bits per heavy atom. The third-order valence-corrected chi connectivity index (χ3v) is 17.3. The van der Waals surface area contributed by atoms with E-state index in [-0.39, 0.29) is 58.7 Å². The fourth-order valence-electron chi connectivity index (χ4n) is 9.09. The highest BCUT2D eigenvalue weighted by Gasteiger charge is 2.18. The van der Waals surface area contributed by atoms with E-state index in [1.807, 2.05) is 35.3 Å². The minimum Gasteiger partial charge on any atom is -0.464 e. The first-order chi connectivity index (χ1) is 36.8. The first-order valence-electron chi connectivity index (χ1n) is 30.9. The Labute approximate surface area is 469 Å². The zero-order chi connectivity index (χ0) is 54.5. The van der Waals surface area contributed by atoms with Gasteiger partial charge in [0.1, 0.15) is 19.8 Å². The van der Waals surface area contributed by atoms with Gasteiger partial charge in [0, 0.05) is 19.3 Å². The van der Waals surface area contributed by atoms with Gasteiger partial charge in [-0.15, -0.1) is 0 Å². The summed E-state index contributed by atoms with van der Waals surface area (Å²) >= 11 is 5.55. The molecule has 75 heavy (non-hydrogen) atoms. The van der Waals surface area contributed by atoms with Gasteiger partial charge in [-0.25, -0.2) is 28.1 Å². The lowest BCUT2D eigenvalue weighted by molar-refractivity contribution is -0.144. The summed E-state index contributed by atoms with van der Waals surface area (Å²) in [6, 6.07) is 0. The molecule has 1 aromatic rings. The van der Waals surface area contributed by atoms with E-state index in [0.29, 0.717) is 19.3 Å². The molecule has 0 saturated heterocycles. The molecule has 0 spiro atoms. The Kier molecular flexibility index (Phi) is 50.9. The Bertz CT molecular complexity index is 1470. The van der Waals surface area contributed by atoms with Crippen molar-refractivity contribution in [3.8, 4) is 0 Å². The van der Waals surface area contributed by atoms with Gasteiger partial charge in [0.05, 0.1) is 19.6 Å². The van der Waals surface area contributed by atoms with E-state index in [2.05, 4.69) is 20.8 Å². The van der Waals surface area contributed by atoms with Gasteiger partial charge in [-0.1, -0.05) is 213 Å². The summed E-state index contributed by atoms with van der Waals surface area (Å²) in [5.41, 5.74) is -2.64. The van der Waals surface area contributed by atoms with Crippen molar-refractivity contribution in [2.45, 2.75) is 291 Å². The maximum absolute atomic E-state index is 13.6. The topological polar surface area (TPSA) is 145 Å². The zero-order valence-electron chi connectivity index (χ0n) is 48.3. The summed E-state index contributed by atoms with van der Waals surface area (Å²) in [7, 11) is 0. The molecule has 0 radical (unpaired) electrons. The number of hydrogen-bond acceptors (Lipinski definition) is 12.